The van der Waals surface area contributed by atoms with Crippen LogP contribution in [0.15, 0.2) is 24.3 Å². The summed E-state index contributed by atoms with van der Waals surface area (Å²) in [5.74, 6) is 0. The minimum absolute atomic E-state index is 0.525. The SMILES string of the molecule is CO[Si](Cl)(OC)c1ccc(CCC#N)cc1. The molecule has 0 aliphatic rings. The van der Waals surface area contributed by atoms with Crippen LogP contribution in [0.25, 0.3) is 0 Å². The van der Waals surface area contributed by atoms with Crippen LogP contribution in [0.4, 0.5) is 0 Å². The van der Waals surface area contributed by atoms with Crippen LogP contribution in [-0.4, -0.2) is 22.1 Å². The van der Waals surface area contributed by atoms with Gasteiger partial charge in [-0.05, 0) is 12.0 Å². The largest absolute Gasteiger partial charge is 0.477 e. The molecule has 0 atom stereocenters. The Morgan fingerprint density at radius 1 is 1.25 bits per heavy atom. The molecule has 0 unspecified atom stereocenters. The van der Waals surface area contributed by atoms with Crippen molar-refractivity contribution in [1.82, 2.24) is 0 Å². The van der Waals surface area contributed by atoms with E-state index in [2.05, 4.69) is 6.07 Å². The molecule has 86 valence electrons. The van der Waals surface area contributed by atoms with E-state index in [9.17, 15) is 0 Å². The number of rotatable bonds is 5. The fourth-order valence-corrected chi connectivity index (χ4v) is 2.97. The highest BCUT2D eigenvalue weighted by Gasteiger charge is 2.36. The van der Waals surface area contributed by atoms with Crippen LogP contribution in [0, 0.1) is 11.3 Å². The first kappa shape index (κ1) is 13.2. The zero-order valence-electron chi connectivity index (χ0n) is 9.37. The van der Waals surface area contributed by atoms with E-state index in [0.717, 1.165) is 17.2 Å². The minimum atomic E-state index is -2.72. The lowest BCUT2D eigenvalue weighted by molar-refractivity contribution is 0.281. The maximum atomic E-state index is 8.48. The molecule has 1 aromatic carbocycles. The number of hydrogen-bond donors (Lipinski definition) is 0. The molecule has 16 heavy (non-hydrogen) atoms. The van der Waals surface area contributed by atoms with Gasteiger partial charge in [0.2, 0.25) is 0 Å². The number of halogens is 1. The second kappa shape index (κ2) is 6.02. The highest BCUT2D eigenvalue weighted by atomic mass is 35.6. The van der Waals surface area contributed by atoms with Gasteiger partial charge in [0.1, 0.15) is 0 Å². The van der Waals surface area contributed by atoms with Gasteiger partial charge in [-0.25, -0.2) is 0 Å². The zero-order chi connectivity index (χ0) is 12.0. The van der Waals surface area contributed by atoms with Gasteiger partial charge in [0.25, 0.3) is 0 Å². The van der Waals surface area contributed by atoms with E-state index in [-0.39, 0.29) is 0 Å². The minimum Gasteiger partial charge on any atom is -0.383 e. The van der Waals surface area contributed by atoms with E-state index in [4.69, 9.17) is 25.2 Å². The van der Waals surface area contributed by atoms with Crippen molar-refractivity contribution in [2.75, 3.05) is 14.2 Å². The van der Waals surface area contributed by atoms with Crippen LogP contribution < -0.4 is 5.19 Å². The number of aryl methyl sites for hydroxylation is 1. The van der Waals surface area contributed by atoms with E-state index in [0.29, 0.717) is 6.42 Å². The summed E-state index contributed by atoms with van der Waals surface area (Å²) < 4.78 is 10.4. The van der Waals surface area contributed by atoms with Gasteiger partial charge in [0, 0.05) is 25.8 Å². The first-order valence-electron chi connectivity index (χ1n) is 4.92. The van der Waals surface area contributed by atoms with Crippen LogP contribution in [-0.2, 0) is 15.3 Å². The van der Waals surface area contributed by atoms with Crippen molar-refractivity contribution in [1.29, 1.82) is 5.26 Å². The van der Waals surface area contributed by atoms with E-state index in [1.165, 1.54) is 0 Å². The maximum Gasteiger partial charge on any atom is 0.477 e. The van der Waals surface area contributed by atoms with Crippen molar-refractivity contribution in [3.63, 3.8) is 0 Å². The van der Waals surface area contributed by atoms with Crippen LogP contribution in [0.3, 0.4) is 0 Å². The number of nitrogens with zero attached hydrogens (tertiary/aromatic N) is 1. The smallest absolute Gasteiger partial charge is 0.383 e. The Labute approximate surface area is 102 Å². The second-order valence-electron chi connectivity index (χ2n) is 3.30. The summed E-state index contributed by atoms with van der Waals surface area (Å²) in [4.78, 5) is 0. The lowest BCUT2D eigenvalue weighted by Crippen LogP contribution is -2.47. The zero-order valence-corrected chi connectivity index (χ0v) is 11.1. The number of nitriles is 1. The molecule has 0 spiro atoms. The average molecular weight is 256 g/mol. The van der Waals surface area contributed by atoms with E-state index < -0.39 is 7.87 Å². The Hall–Kier alpha value is -0.863. The molecule has 1 rings (SSSR count). The van der Waals surface area contributed by atoms with Gasteiger partial charge in [0.15, 0.2) is 0 Å². The molecule has 1 aromatic rings. The van der Waals surface area contributed by atoms with Gasteiger partial charge in [-0.3, -0.25) is 0 Å². The highest BCUT2D eigenvalue weighted by molar-refractivity contribution is 7.20. The van der Waals surface area contributed by atoms with Crippen LogP contribution >= 0.6 is 11.1 Å². The third kappa shape index (κ3) is 3.06. The van der Waals surface area contributed by atoms with Gasteiger partial charge in [-0.1, -0.05) is 35.3 Å². The summed E-state index contributed by atoms with van der Waals surface area (Å²) in [7, 11) is 0.375. The summed E-state index contributed by atoms with van der Waals surface area (Å²) in [6.07, 6.45) is 1.28. The van der Waals surface area contributed by atoms with Gasteiger partial charge in [-0.2, -0.15) is 5.26 Å². The predicted molar refractivity (Wildman–Crippen MR) is 65.6 cm³/mol. The first-order chi connectivity index (χ1) is 7.66. The molecule has 0 heterocycles. The van der Waals surface area contributed by atoms with Crippen molar-refractivity contribution >= 4 is 24.1 Å². The standard InChI is InChI=1S/C11H14ClNO2Si/c1-14-16(12,15-2)11-7-5-10(6-8-11)4-3-9-13/h5-8H,3-4H2,1-2H3. The Kier molecular flexibility index (Phi) is 4.96. The fraction of sp³-hybridized carbons (Fsp3) is 0.364. The summed E-state index contributed by atoms with van der Waals surface area (Å²) in [6, 6.07) is 9.83. The molecule has 0 saturated heterocycles. The Morgan fingerprint density at radius 3 is 2.25 bits per heavy atom. The van der Waals surface area contributed by atoms with Gasteiger partial charge in [-0.15, -0.1) is 0 Å². The van der Waals surface area contributed by atoms with Crippen LogP contribution in [0.2, 0.25) is 0 Å². The molecule has 0 bridgehead atoms. The lowest BCUT2D eigenvalue weighted by atomic mass is 10.1. The van der Waals surface area contributed by atoms with Gasteiger partial charge in [0.05, 0.1) is 6.07 Å². The van der Waals surface area contributed by atoms with Crippen LogP contribution in [0.1, 0.15) is 12.0 Å². The normalized spacial score (nSPS) is 11.1. The van der Waals surface area contributed by atoms with Crippen LogP contribution in [0.5, 0.6) is 0 Å². The molecular weight excluding hydrogens is 242 g/mol. The van der Waals surface area contributed by atoms with Crippen molar-refractivity contribution in [2.24, 2.45) is 0 Å². The monoisotopic (exact) mass is 255 g/mol. The number of hydrogen-bond acceptors (Lipinski definition) is 3. The summed E-state index contributed by atoms with van der Waals surface area (Å²) >= 11 is 6.23. The quantitative estimate of drug-likeness (QED) is 0.595. The topological polar surface area (TPSA) is 42.2 Å². The van der Waals surface area contributed by atoms with Gasteiger partial charge >= 0.3 is 7.87 Å². The summed E-state index contributed by atoms with van der Waals surface area (Å²) in [5.41, 5.74) is 1.12. The summed E-state index contributed by atoms with van der Waals surface area (Å²) in [5, 5.41) is 9.36. The van der Waals surface area contributed by atoms with Crippen molar-refractivity contribution in [3.05, 3.63) is 29.8 Å². The van der Waals surface area contributed by atoms with Crippen molar-refractivity contribution < 1.29 is 8.85 Å². The maximum absolute atomic E-state index is 8.48. The predicted octanol–water partition coefficient (Wildman–Crippen LogP) is 1.82. The molecule has 0 saturated carbocycles. The third-order valence-corrected chi connectivity index (χ3v) is 6.00. The Morgan fingerprint density at radius 2 is 1.81 bits per heavy atom. The molecule has 0 radical (unpaired) electrons. The molecule has 0 aromatic heterocycles. The first-order valence-corrected chi connectivity index (χ1v) is 7.74. The highest BCUT2D eigenvalue weighted by Crippen LogP contribution is 2.12. The Bertz CT molecular complexity index is 371. The number of benzene rings is 1. The molecule has 5 heteroatoms. The van der Waals surface area contributed by atoms with Gasteiger partial charge < -0.3 is 8.85 Å². The second-order valence-corrected chi connectivity index (χ2v) is 7.26. The molecule has 0 amide bonds. The average Bonchev–Trinajstić information content (AvgIpc) is 2.36. The molecule has 3 nitrogen and oxygen atoms in total. The van der Waals surface area contributed by atoms with Crippen molar-refractivity contribution in [3.8, 4) is 6.07 Å². The molecule has 0 aliphatic carbocycles. The van der Waals surface area contributed by atoms with Crippen molar-refractivity contribution in [2.45, 2.75) is 12.8 Å². The molecular formula is C11H14ClNO2Si. The van der Waals surface area contributed by atoms with E-state index >= 15 is 0 Å². The molecule has 0 aliphatic heterocycles. The fourth-order valence-electron chi connectivity index (χ4n) is 1.39. The van der Waals surface area contributed by atoms with E-state index in [1.807, 2.05) is 24.3 Å². The summed E-state index contributed by atoms with van der Waals surface area (Å²) in [6.45, 7) is 0. The Balaban J connectivity index is 2.82. The molecule has 0 fully saturated rings. The third-order valence-electron chi connectivity index (χ3n) is 2.35. The lowest BCUT2D eigenvalue weighted by Gasteiger charge is -2.19. The van der Waals surface area contributed by atoms with E-state index in [1.54, 1.807) is 14.2 Å². The molecule has 0 N–H and O–H groups in total.